The first-order valence-corrected chi connectivity index (χ1v) is 5.20. The Morgan fingerprint density at radius 2 is 2.38 bits per heavy atom. The lowest BCUT2D eigenvalue weighted by Gasteiger charge is -2.22. The van der Waals surface area contributed by atoms with Crippen molar-refractivity contribution in [2.45, 2.75) is 31.4 Å². The van der Waals surface area contributed by atoms with Crippen molar-refractivity contribution in [3.05, 3.63) is 23.8 Å². The summed E-state index contributed by atoms with van der Waals surface area (Å²) in [6.07, 6.45) is 6.25. The summed E-state index contributed by atoms with van der Waals surface area (Å²) in [5.41, 5.74) is 2.08. The Labute approximate surface area is 94.8 Å². The van der Waals surface area contributed by atoms with E-state index in [-0.39, 0.29) is 5.91 Å². The van der Waals surface area contributed by atoms with Gasteiger partial charge in [0.25, 0.3) is 0 Å². The van der Waals surface area contributed by atoms with E-state index in [1.165, 1.54) is 7.05 Å². The van der Waals surface area contributed by atoms with E-state index in [1.807, 2.05) is 11.6 Å². The van der Waals surface area contributed by atoms with Crippen LogP contribution in [0, 0.1) is 0 Å². The second-order valence-electron chi connectivity index (χ2n) is 4.17. The fraction of sp³-hybridized carbons (Fsp3) is 0.545. The van der Waals surface area contributed by atoms with Crippen molar-refractivity contribution >= 4 is 5.91 Å². The molecule has 0 bridgehead atoms. The van der Waals surface area contributed by atoms with Crippen LogP contribution in [0.15, 0.2) is 23.8 Å². The number of amides is 1. The topological polar surface area (TPSA) is 81.6 Å². The van der Waals surface area contributed by atoms with E-state index in [0.717, 1.165) is 5.57 Å². The van der Waals surface area contributed by atoms with Gasteiger partial charge in [-0.1, -0.05) is 18.2 Å². The number of allylic oxidation sites excluding steroid dienone is 1. The van der Waals surface area contributed by atoms with Crippen LogP contribution in [0.2, 0.25) is 0 Å². The van der Waals surface area contributed by atoms with E-state index < -0.39 is 11.6 Å². The van der Waals surface area contributed by atoms with Crippen LogP contribution in [-0.4, -0.2) is 34.9 Å². The summed E-state index contributed by atoms with van der Waals surface area (Å²) in [6, 6.07) is -0.663. The molecule has 16 heavy (non-hydrogen) atoms. The molecule has 1 aliphatic rings. The van der Waals surface area contributed by atoms with E-state index in [1.54, 1.807) is 19.1 Å². The zero-order valence-corrected chi connectivity index (χ0v) is 9.53. The molecule has 0 fully saturated rings. The van der Waals surface area contributed by atoms with Crippen LogP contribution in [0.5, 0.6) is 0 Å². The molecule has 0 saturated carbocycles. The fourth-order valence-corrected chi connectivity index (χ4v) is 1.52. The molecular weight excluding hydrogens is 208 g/mol. The zero-order valence-electron chi connectivity index (χ0n) is 9.53. The first-order valence-electron chi connectivity index (χ1n) is 5.20. The molecule has 4 N–H and O–H groups in total. The van der Waals surface area contributed by atoms with Gasteiger partial charge in [-0.25, -0.2) is 0 Å². The molecule has 5 nitrogen and oxygen atoms in total. The molecule has 1 aliphatic carbocycles. The molecule has 1 rings (SSSR count). The minimum Gasteiger partial charge on any atom is -0.386 e. The Morgan fingerprint density at radius 3 is 2.81 bits per heavy atom. The lowest BCUT2D eigenvalue weighted by atomic mass is 9.91. The molecule has 0 aliphatic heterocycles. The minimum absolute atomic E-state index is 0.269. The third-order valence-corrected chi connectivity index (χ3v) is 2.59. The van der Waals surface area contributed by atoms with Gasteiger partial charge in [0.2, 0.25) is 5.91 Å². The van der Waals surface area contributed by atoms with Gasteiger partial charge in [-0.15, -0.1) is 0 Å². The zero-order chi connectivity index (χ0) is 12.2. The highest BCUT2D eigenvalue weighted by molar-refractivity contribution is 5.81. The molecule has 5 heteroatoms. The van der Waals surface area contributed by atoms with Crippen LogP contribution in [0.3, 0.4) is 0 Å². The van der Waals surface area contributed by atoms with Crippen LogP contribution in [-0.2, 0) is 4.79 Å². The normalized spacial score (nSPS) is 26.1. The molecule has 90 valence electrons. The molecule has 0 aromatic carbocycles. The van der Waals surface area contributed by atoms with Crippen LogP contribution < -0.4 is 10.8 Å². The Hall–Kier alpha value is -1.17. The molecule has 1 unspecified atom stereocenters. The van der Waals surface area contributed by atoms with Gasteiger partial charge in [0.1, 0.15) is 6.04 Å². The van der Waals surface area contributed by atoms with Crippen molar-refractivity contribution in [1.82, 2.24) is 10.8 Å². The predicted molar refractivity (Wildman–Crippen MR) is 59.9 cm³/mol. The molecule has 0 heterocycles. The van der Waals surface area contributed by atoms with Crippen molar-refractivity contribution in [3.63, 3.8) is 0 Å². The maximum Gasteiger partial charge on any atom is 0.239 e. The van der Waals surface area contributed by atoms with Gasteiger partial charge in [0.15, 0.2) is 0 Å². The smallest absolute Gasteiger partial charge is 0.239 e. The summed E-state index contributed by atoms with van der Waals surface area (Å²) in [4.78, 5) is 11.3. The maximum absolute atomic E-state index is 11.3. The first kappa shape index (κ1) is 12.9. The number of likely N-dealkylation sites (N-methyl/N-ethyl adjacent to an activating group) is 1. The monoisotopic (exact) mass is 226 g/mol. The van der Waals surface area contributed by atoms with Gasteiger partial charge in [-0.05, 0) is 25.3 Å². The maximum atomic E-state index is 11.3. The number of hydroxylamine groups is 1. The fourth-order valence-electron chi connectivity index (χ4n) is 1.52. The third-order valence-electron chi connectivity index (χ3n) is 2.59. The van der Waals surface area contributed by atoms with Gasteiger partial charge in [0, 0.05) is 7.05 Å². The first-order chi connectivity index (χ1) is 7.48. The Bertz CT molecular complexity index is 321. The molecular formula is C11H18N2O3. The lowest BCUT2D eigenvalue weighted by Crippen LogP contribution is -2.41. The Balaban J connectivity index is 2.59. The second-order valence-corrected chi connectivity index (χ2v) is 4.17. The van der Waals surface area contributed by atoms with Gasteiger partial charge in [0.05, 0.1) is 5.60 Å². The standard InChI is InChI=1S/C11H18N2O3/c1-11(15)5-3-8(4-6-11)7-9(13-16)10(14)12-2/h3-5,9,13,15-16H,6-7H2,1-2H3,(H,12,14)/t9-,11?/m0/s1. The summed E-state index contributed by atoms with van der Waals surface area (Å²) in [5, 5.41) is 21.0. The minimum atomic E-state index is -0.807. The van der Waals surface area contributed by atoms with Crippen molar-refractivity contribution in [2.24, 2.45) is 0 Å². The van der Waals surface area contributed by atoms with Crippen molar-refractivity contribution < 1.29 is 15.1 Å². The van der Waals surface area contributed by atoms with Crippen molar-refractivity contribution in [3.8, 4) is 0 Å². The van der Waals surface area contributed by atoms with Gasteiger partial charge < -0.3 is 15.6 Å². The highest BCUT2D eigenvalue weighted by Gasteiger charge is 2.21. The molecule has 1 amide bonds. The second kappa shape index (κ2) is 5.25. The molecule has 2 atom stereocenters. The predicted octanol–water partition coefficient (Wildman–Crippen LogP) is 0.107. The van der Waals surface area contributed by atoms with Gasteiger partial charge in [-0.2, -0.15) is 5.48 Å². The number of aliphatic hydroxyl groups is 1. The summed E-state index contributed by atoms with van der Waals surface area (Å²) >= 11 is 0. The van der Waals surface area contributed by atoms with Crippen LogP contribution in [0.1, 0.15) is 19.8 Å². The Kier molecular flexibility index (Phi) is 4.23. The molecule has 0 aromatic rings. The van der Waals surface area contributed by atoms with Gasteiger partial charge in [-0.3, -0.25) is 4.79 Å². The van der Waals surface area contributed by atoms with E-state index >= 15 is 0 Å². The number of hydrogen-bond donors (Lipinski definition) is 4. The largest absolute Gasteiger partial charge is 0.386 e. The van der Waals surface area contributed by atoms with E-state index in [4.69, 9.17) is 5.21 Å². The highest BCUT2D eigenvalue weighted by atomic mass is 16.5. The average Bonchev–Trinajstić information content (AvgIpc) is 2.27. The van der Waals surface area contributed by atoms with Crippen molar-refractivity contribution in [1.29, 1.82) is 0 Å². The van der Waals surface area contributed by atoms with Gasteiger partial charge >= 0.3 is 0 Å². The Morgan fingerprint density at radius 1 is 1.69 bits per heavy atom. The number of carbonyl (C=O) groups is 1. The quantitative estimate of drug-likeness (QED) is 0.513. The number of nitrogens with one attached hydrogen (secondary N) is 2. The summed E-state index contributed by atoms with van der Waals surface area (Å²) in [6.45, 7) is 1.72. The third kappa shape index (κ3) is 3.44. The SMILES string of the molecule is CNC(=O)[C@H](CC1=CCC(C)(O)C=C1)NO. The summed E-state index contributed by atoms with van der Waals surface area (Å²) in [5.74, 6) is -0.269. The highest BCUT2D eigenvalue weighted by Crippen LogP contribution is 2.22. The van der Waals surface area contributed by atoms with E-state index in [9.17, 15) is 9.90 Å². The molecule has 0 radical (unpaired) electrons. The summed E-state index contributed by atoms with van der Waals surface area (Å²) in [7, 11) is 1.52. The molecule has 0 spiro atoms. The van der Waals surface area contributed by atoms with Crippen LogP contribution in [0.25, 0.3) is 0 Å². The average molecular weight is 226 g/mol. The molecule has 0 aromatic heterocycles. The lowest BCUT2D eigenvalue weighted by molar-refractivity contribution is -0.125. The van der Waals surface area contributed by atoms with Crippen LogP contribution in [0.4, 0.5) is 0 Å². The van der Waals surface area contributed by atoms with Crippen LogP contribution >= 0.6 is 0 Å². The number of carbonyl (C=O) groups excluding carboxylic acids is 1. The molecule has 0 saturated heterocycles. The van der Waals surface area contributed by atoms with Crippen molar-refractivity contribution in [2.75, 3.05) is 7.05 Å². The number of hydrogen-bond acceptors (Lipinski definition) is 4. The summed E-state index contributed by atoms with van der Waals surface area (Å²) < 4.78 is 0. The number of rotatable bonds is 4. The van der Waals surface area contributed by atoms with E-state index in [0.29, 0.717) is 12.8 Å². The van der Waals surface area contributed by atoms with E-state index in [2.05, 4.69) is 5.32 Å².